The minimum absolute atomic E-state index is 0.0207. The van der Waals surface area contributed by atoms with Crippen molar-refractivity contribution < 1.29 is 19.1 Å². The van der Waals surface area contributed by atoms with Crippen LogP contribution in [0.2, 0.25) is 0 Å². The van der Waals surface area contributed by atoms with Crippen molar-refractivity contribution >= 4 is 17.6 Å². The van der Waals surface area contributed by atoms with Crippen molar-refractivity contribution in [2.75, 3.05) is 6.61 Å². The standard InChI is InChI=1S/C18H17NO4/c1-9(20)15-13-12-8-22-18(23-12)17(21)14(13)16-11-5-3-2-4-10(11)6-7-19(15)16/h2-7,12-16,18H,8H2,1H3/t12-,13-,14-,15+,16+,18-/m1/s1. The van der Waals surface area contributed by atoms with Gasteiger partial charge in [0.1, 0.15) is 0 Å². The van der Waals surface area contributed by atoms with E-state index in [1.54, 1.807) is 6.92 Å². The molecule has 5 heteroatoms. The Balaban J connectivity index is 1.70. The lowest BCUT2D eigenvalue weighted by molar-refractivity contribution is -0.165. The van der Waals surface area contributed by atoms with Crippen LogP contribution >= 0.6 is 0 Å². The number of carbonyl (C=O) groups is 2. The smallest absolute Gasteiger partial charge is 0.218 e. The van der Waals surface area contributed by atoms with Crippen LogP contribution in [0.3, 0.4) is 0 Å². The highest BCUT2D eigenvalue weighted by Gasteiger charge is 2.63. The second-order valence-corrected chi connectivity index (χ2v) is 6.74. The van der Waals surface area contributed by atoms with Gasteiger partial charge in [-0.05, 0) is 24.1 Å². The van der Waals surface area contributed by atoms with Gasteiger partial charge < -0.3 is 14.4 Å². The van der Waals surface area contributed by atoms with Crippen LogP contribution in [0, 0.1) is 11.8 Å². The second-order valence-electron chi connectivity index (χ2n) is 6.74. The molecule has 0 aliphatic carbocycles. The van der Waals surface area contributed by atoms with Gasteiger partial charge in [-0.25, -0.2) is 0 Å². The topological polar surface area (TPSA) is 55.8 Å². The maximum Gasteiger partial charge on any atom is 0.218 e. The molecule has 118 valence electrons. The van der Waals surface area contributed by atoms with Gasteiger partial charge >= 0.3 is 0 Å². The summed E-state index contributed by atoms with van der Waals surface area (Å²) in [4.78, 5) is 27.3. The van der Waals surface area contributed by atoms with Crippen molar-refractivity contribution in [2.24, 2.45) is 11.8 Å². The Morgan fingerprint density at radius 2 is 2.13 bits per heavy atom. The van der Waals surface area contributed by atoms with E-state index < -0.39 is 6.29 Å². The van der Waals surface area contributed by atoms with E-state index in [2.05, 4.69) is 11.0 Å². The summed E-state index contributed by atoms with van der Waals surface area (Å²) in [5.74, 6) is -0.332. The number of benzene rings is 1. The van der Waals surface area contributed by atoms with E-state index in [1.807, 2.05) is 30.5 Å². The lowest BCUT2D eigenvalue weighted by Crippen LogP contribution is -2.47. The third-order valence-corrected chi connectivity index (χ3v) is 5.62. The van der Waals surface area contributed by atoms with Crippen molar-refractivity contribution in [1.29, 1.82) is 0 Å². The Kier molecular flexibility index (Phi) is 2.65. The number of nitrogens with zero attached hydrogens (tertiary/aromatic N) is 1. The summed E-state index contributed by atoms with van der Waals surface area (Å²) in [5.41, 5.74) is 2.23. The summed E-state index contributed by atoms with van der Waals surface area (Å²) in [7, 11) is 0. The number of fused-ring (bicyclic) bond motifs is 8. The molecule has 0 amide bonds. The van der Waals surface area contributed by atoms with E-state index in [0.717, 1.165) is 11.1 Å². The quantitative estimate of drug-likeness (QED) is 0.787. The van der Waals surface area contributed by atoms with E-state index in [-0.39, 0.29) is 41.6 Å². The average molecular weight is 311 g/mol. The van der Waals surface area contributed by atoms with Crippen molar-refractivity contribution in [3.63, 3.8) is 0 Å². The molecule has 2 bridgehead atoms. The first-order valence-corrected chi connectivity index (χ1v) is 8.02. The summed E-state index contributed by atoms with van der Waals surface area (Å²) in [6.07, 6.45) is 3.06. The van der Waals surface area contributed by atoms with E-state index in [0.29, 0.717) is 6.61 Å². The van der Waals surface area contributed by atoms with Gasteiger partial charge in [-0.1, -0.05) is 24.3 Å². The predicted octanol–water partition coefficient (Wildman–Crippen LogP) is 1.54. The molecule has 0 radical (unpaired) electrons. The number of ether oxygens (including phenoxy) is 2. The number of carbonyl (C=O) groups excluding carboxylic acids is 2. The molecule has 0 spiro atoms. The number of hydrogen-bond acceptors (Lipinski definition) is 5. The molecule has 4 aliphatic heterocycles. The fraction of sp³-hybridized carbons (Fsp3) is 0.444. The highest BCUT2D eigenvalue weighted by molar-refractivity contribution is 5.91. The van der Waals surface area contributed by atoms with Gasteiger partial charge in [0.2, 0.25) is 6.29 Å². The molecule has 4 heterocycles. The van der Waals surface area contributed by atoms with Gasteiger partial charge in [-0.15, -0.1) is 0 Å². The summed E-state index contributed by atoms with van der Waals surface area (Å²) < 4.78 is 11.2. The molecule has 5 rings (SSSR count). The first-order valence-electron chi connectivity index (χ1n) is 8.02. The summed E-state index contributed by atoms with van der Waals surface area (Å²) in [6.45, 7) is 2.00. The molecule has 6 atom stereocenters. The molecule has 1 aromatic carbocycles. The van der Waals surface area contributed by atoms with Gasteiger partial charge in [0.05, 0.1) is 30.7 Å². The average Bonchev–Trinajstić information content (AvgIpc) is 3.13. The minimum atomic E-state index is -0.758. The van der Waals surface area contributed by atoms with Gasteiger partial charge in [0.15, 0.2) is 11.6 Å². The molecule has 1 aromatic rings. The van der Waals surface area contributed by atoms with Gasteiger partial charge in [-0.2, -0.15) is 0 Å². The third-order valence-electron chi connectivity index (χ3n) is 5.62. The zero-order valence-electron chi connectivity index (χ0n) is 12.7. The molecular formula is C18H17NO4. The Morgan fingerprint density at radius 1 is 1.30 bits per heavy atom. The molecule has 0 saturated carbocycles. The SMILES string of the molecule is CC(=O)[C@H]1[C@H]2[C@@H](C(=O)[C@@H]3OC[C@H]2O3)[C@@H]2c3ccccc3C=CN12. The van der Waals surface area contributed by atoms with E-state index in [9.17, 15) is 9.59 Å². The summed E-state index contributed by atoms with van der Waals surface area (Å²) in [6, 6.07) is 7.66. The number of Topliss-reactive ketones (excluding diaryl/α,β-unsaturated/α-hetero) is 2. The minimum Gasteiger partial charge on any atom is -0.359 e. The first-order chi connectivity index (χ1) is 11.2. The van der Waals surface area contributed by atoms with E-state index in [1.165, 1.54) is 0 Å². The van der Waals surface area contributed by atoms with Gasteiger partial charge in [0, 0.05) is 12.1 Å². The largest absolute Gasteiger partial charge is 0.359 e. The highest BCUT2D eigenvalue weighted by Crippen LogP contribution is 2.54. The van der Waals surface area contributed by atoms with Crippen LogP contribution in [0.15, 0.2) is 30.5 Å². The number of hydrogen-bond donors (Lipinski definition) is 0. The lowest BCUT2D eigenvalue weighted by Gasteiger charge is -2.34. The Hall–Kier alpha value is -1.98. The van der Waals surface area contributed by atoms with Crippen LogP contribution in [-0.2, 0) is 19.1 Å². The lowest BCUT2D eigenvalue weighted by atomic mass is 9.76. The fourth-order valence-corrected chi connectivity index (χ4v) is 4.79. The maximum absolute atomic E-state index is 12.9. The first kappa shape index (κ1) is 13.5. The van der Waals surface area contributed by atoms with Crippen molar-refractivity contribution in [2.45, 2.75) is 31.4 Å². The Bertz CT molecular complexity index is 742. The van der Waals surface area contributed by atoms with Crippen LogP contribution in [0.5, 0.6) is 0 Å². The molecule has 0 N–H and O–H groups in total. The normalized spacial score (nSPS) is 39.9. The van der Waals surface area contributed by atoms with E-state index in [4.69, 9.17) is 9.47 Å². The predicted molar refractivity (Wildman–Crippen MR) is 81.1 cm³/mol. The molecule has 4 aliphatic rings. The zero-order chi connectivity index (χ0) is 15.7. The monoisotopic (exact) mass is 311 g/mol. The number of rotatable bonds is 1. The summed E-state index contributed by atoms with van der Waals surface area (Å²) in [5, 5.41) is 0. The van der Waals surface area contributed by atoms with Crippen LogP contribution in [0.25, 0.3) is 6.08 Å². The Labute approximate surface area is 133 Å². The van der Waals surface area contributed by atoms with Crippen molar-refractivity contribution in [1.82, 2.24) is 4.90 Å². The van der Waals surface area contributed by atoms with Crippen LogP contribution in [0.1, 0.15) is 24.1 Å². The highest BCUT2D eigenvalue weighted by atomic mass is 16.7. The third kappa shape index (κ3) is 1.64. The van der Waals surface area contributed by atoms with Crippen LogP contribution < -0.4 is 0 Å². The van der Waals surface area contributed by atoms with Crippen LogP contribution in [0.4, 0.5) is 0 Å². The molecule has 5 nitrogen and oxygen atoms in total. The molecule has 23 heavy (non-hydrogen) atoms. The molecular weight excluding hydrogens is 294 g/mol. The maximum atomic E-state index is 12.9. The number of ketones is 2. The van der Waals surface area contributed by atoms with Crippen molar-refractivity contribution in [3.8, 4) is 0 Å². The fourth-order valence-electron chi connectivity index (χ4n) is 4.79. The van der Waals surface area contributed by atoms with Crippen LogP contribution in [-0.4, -0.2) is 41.5 Å². The zero-order valence-corrected chi connectivity index (χ0v) is 12.7. The molecule has 0 unspecified atom stereocenters. The van der Waals surface area contributed by atoms with Crippen molar-refractivity contribution in [3.05, 3.63) is 41.6 Å². The Morgan fingerprint density at radius 3 is 2.96 bits per heavy atom. The van der Waals surface area contributed by atoms with Gasteiger partial charge in [0.25, 0.3) is 0 Å². The summed E-state index contributed by atoms with van der Waals surface area (Å²) >= 11 is 0. The molecule has 3 saturated heterocycles. The van der Waals surface area contributed by atoms with Gasteiger partial charge in [-0.3, -0.25) is 9.59 Å². The molecule has 3 fully saturated rings. The molecule has 0 aromatic heterocycles. The van der Waals surface area contributed by atoms with E-state index >= 15 is 0 Å². The second kappa shape index (κ2) is 4.52.